The Morgan fingerprint density at radius 3 is 2.92 bits per heavy atom. The van der Waals surface area contributed by atoms with Crippen molar-refractivity contribution in [2.75, 3.05) is 11.5 Å². The van der Waals surface area contributed by atoms with Gasteiger partial charge in [-0.3, -0.25) is 0 Å². The molecule has 72 valence electrons. The summed E-state index contributed by atoms with van der Waals surface area (Å²) in [4.78, 5) is 0. The van der Waals surface area contributed by atoms with Crippen LogP contribution in [0.5, 0.6) is 0 Å². The normalized spacial score (nSPS) is 28.2. The van der Waals surface area contributed by atoms with Gasteiger partial charge in [-0.05, 0) is 12.7 Å². The van der Waals surface area contributed by atoms with Gasteiger partial charge in [0.15, 0.2) is 0 Å². The smallest absolute Gasteiger partial charge is 0.108 e. The van der Waals surface area contributed by atoms with Crippen LogP contribution in [0.15, 0.2) is 4.63 Å². The summed E-state index contributed by atoms with van der Waals surface area (Å²) in [7, 11) is 0. The summed E-state index contributed by atoms with van der Waals surface area (Å²) in [6.07, 6.45) is 0.588. The first kappa shape index (κ1) is 9.02. The molecule has 1 N–H and O–H groups in total. The standard InChI is InChI=1S/C8H12N2O2S/c1-5-7(10-12-9-5)2-6-3-13-4-8(6)11/h6,8,11H,2-4H2,1H3. The monoisotopic (exact) mass is 200 g/mol. The molecule has 1 aromatic rings. The van der Waals surface area contributed by atoms with Crippen LogP contribution in [0.25, 0.3) is 0 Å². The van der Waals surface area contributed by atoms with Crippen molar-refractivity contribution >= 4 is 11.8 Å². The number of aliphatic hydroxyl groups is 1. The SMILES string of the molecule is Cc1nonc1CC1CSCC1O. The van der Waals surface area contributed by atoms with Gasteiger partial charge in [0.25, 0.3) is 0 Å². The first-order valence-corrected chi connectivity index (χ1v) is 5.46. The Hall–Kier alpha value is -0.550. The predicted octanol–water partition coefficient (Wildman–Crippen LogP) is 0.644. The lowest BCUT2D eigenvalue weighted by atomic mass is 10.00. The highest BCUT2D eigenvalue weighted by atomic mass is 32.2. The van der Waals surface area contributed by atoms with Crippen molar-refractivity contribution in [1.29, 1.82) is 0 Å². The zero-order valence-electron chi connectivity index (χ0n) is 7.43. The Kier molecular flexibility index (Phi) is 2.55. The second kappa shape index (κ2) is 3.67. The van der Waals surface area contributed by atoms with Gasteiger partial charge in [0.05, 0.1) is 6.10 Å². The zero-order chi connectivity index (χ0) is 9.26. The molecule has 1 saturated heterocycles. The lowest BCUT2D eigenvalue weighted by molar-refractivity contribution is 0.148. The van der Waals surface area contributed by atoms with Gasteiger partial charge in [0.1, 0.15) is 11.4 Å². The number of aliphatic hydroxyl groups excluding tert-OH is 1. The number of aryl methyl sites for hydroxylation is 1. The fourth-order valence-corrected chi connectivity index (χ4v) is 2.76. The van der Waals surface area contributed by atoms with E-state index in [9.17, 15) is 5.11 Å². The van der Waals surface area contributed by atoms with Crippen LogP contribution in [-0.2, 0) is 6.42 Å². The van der Waals surface area contributed by atoms with Gasteiger partial charge in [-0.1, -0.05) is 10.3 Å². The van der Waals surface area contributed by atoms with Gasteiger partial charge in [0.2, 0.25) is 0 Å². The van der Waals surface area contributed by atoms with Gasteiger partial charge in [-0.15, -0.1) is 0 Å². The molecule has 2 heterocycles. The molecule has 0 bridgehead atoms. The molecule has 2 rings (SSSR count). The van der Waals surface area contributed by atoms with E-state index >= 15 is 0 Å². The Balaban J connectivity index is 2.01. The van der Waals surface area contributed by atoms with Crippen LogP contribution >= 0.6 is 11.8 Å². The minimum Gasteiger partial charge on any atom is -0.392 e. The van der Waals surface area contributed by atoms with Crippen molar-refractivity contribution in [1.82, 2.24) is 10.3 Å². The van der Waals surface area contributed by atoms with E-state index in [1.165, 1.54) is 0 Å². The van der Waals surface area contributed by atoms with Gasteiger partial charge < -0.3 is 5.11 Å². The van der Waals surface area contributed by atoms with Crippen LogP contribution in [0.3, 0.4) is 0 Å². The van der Waals surface area contributed by atoms with Gasteiger partial charge in [-0.25, -0.2) is 4.63 Å². The summed E-state index contributed by atoms with van der Waals surface area (Å²) in [5.74, 6) is 2.17. The molecule has 1 aliphatic rings. The number of rotatable bonds is 2. The molecule has 1 aliphatic heterocycles. The van der Waals surface area contributed by atoms with Crippen molar-refractivity contribution in [3.05, 3.63) is 11.4 Å². The number of thioether (sulfide) groups is 1. The highest BCUT2D eigenvalue weighted by molar-refractivity contribution is 7.99. The van der Waals surface area contributed by atoms with Gasteiger partial charge >= 0.3 is 0 Å². The van der Waals surface area contributed by atoms with Crippen molar-refractivity contribution in [3.63, 3.8) is 0 Å². The third-order valence-electron chi connectivity index (χ3n) is 2.37. The molecule has 4 nitrogen and oxygen atoms in total. The van der Waals surface area contributed by atoms with Crippen LogP contribution in [0.1, 0.15) is 11.4 Å². The Bertz CT molecular complexity index is 289. The Morgan fingerprint density at radius 2 is 2.38 bits per heavy atom. The second-order valence-electron chi connectivity index (χ2n) is 3.37. The van der Waals surface area contributed by atoms with E-state index in [0.29, 0.717) is 5.92 Å². The maximum atomic E-state index is 9.58. The molecule has 13 heavy (non-hydrogen) atoms. The maximum absolute atomic E-state index is 9.58. The van der Waals surface area contributed by atoms with E-state index in [1.54, 1.807) is 11.8 Å². The number of aromatic nitrogens is 2. The molecule has 0 amide bonds. The van der Waals surface area contributed by atoms with E-state index in [2.05, 4.69) is 14.9 Å². The van der Waals surface area contributed by atoms with E-state index in [1.807, 2.05) is 6.92 Å². The Labute approximate surface area is 80.7 Å². The molecule has 2 atom stereocenters. The van der Waals surface area contributed by atoms with Gasteiger partial charge in [0, 0.05) is 18.1 Å². The minimum absolute atomic E-state index is 0.193. The average molecular weight is 200 g/mol. The quantitative estimate of drug-likeness (QED) is 0.759. The minimum atomic E-state index is -0.193. The lowest BCUT2D eigenvalue weighted by Crippen LogP contribution is -2.20. The topological polar surface area (TPSA) is 59.2 Å². The first-order chi connectivity index (χ1) is 6.27. The summed E-state index contributed by atoms with van der Waals surface area (Å²) in [5, 5.41) is 17.1. The summed E-state index contributed by atoms with van der Waals surface area (Å²) in [6.45, 7) is 1.88. The second-order valence-corrected chi connectivity index (χ2v) is 4.44. The third-order valence-corrected chi connectivity index (χ3v) is 3.61. The highest BCUT2D eigenvalue weighted by Gasteiger charge is 2.27. The van der Waals surface area contributed by atoms with E-state index < -0.39 is 0 Å². The molecular weight excluding hydrogens is 188 g/mol. The molecule has 2 unspecified atom stereocenters. The molecule has 0 aromatic carbocycles. The van der Waals surface area contributed by atoms with E-state index in [4.69, 9.17) is 0 Å². The molecule has 0 aliphatic carbocycles. The molecule has 0 saturated carbocycles. The van der Waals surface area contributed by atoms with Crippen molar-refractivity contribution in [3.8, 4) is 0 Å². The number of nitrogens with zero attached hydrogens (tertiary/aromatic N) is 2. The maximum Gasteiger partial charge on any atom is 0.108 e. The van der Waals surface area contributed by atoms with E-state index in [-0.39, 0.29) is 6.10 Å². The summed E-state index contributed by atoms with van der Waals surface area (Å²) in [5.41, 5.74) is 1.72. The average Bonchev–Trinajstić information content (AvgIpc) is 2.65. The zero-order valence-corrected chi connectivity index (χ0v) is 8.25. The van der Waals surface area contributed by atoms with Crippen LogP contribution in [0, 0.1) is 12.8 Å². The number of hydrogen-bond donors (Lipinski definition) is 1. The van der Waals surface area contributed by atoms with Gasteiger partial charge in [-0.2, -0.15) is 11.8 Å². The Morgan fingerprint density at radius 1 is 1.54 bits per heavy atom. The van der Waals surface area contributed by atoms with Crippen LogP contribution < -0.4 is 0 Å². The van der Waals surface area contributed by atoms with Crippen molar-refractivity contribution in [2.45, 2.75) is 19.4 Å². The molecule has 1 fully saturated rings. The predicted molar refractivity (Wildman–Crippen MR) is 49.6 cm³/mol. The molecule has 0 radical (unpaired) electrons. The molecule has 1 aromatic heterocycles. The van der Waals surface area contributed by atoms with Crippen LogP contribution in [-0.4, -0.2) is 33.0 Å². The lowest BCUT2D eigenvalue weighted by Gasteiger charge is -2.10. The molecule has 5 heteroatoms. The van der Waals surface area contributed by atoms with E-state index in [0.717, 1.165) is 29.3 Å². The summed E-state index contributed by atoms with van der Waals surface area (Å²) in [6, 6.07) is 0. The molecule has 0 spiro atoms. The largest absolute Gasteiger partial charge is 0.392 e. The molecular formula is C8H12N2O2S. The fraction of sp³-hybridized carbons (Fsp3) is 0.750. The first-order valence-electron chi connectivity index (χ1n) is 4.31. The van der Waals surface area contributed by atoms with Crippen LogP contribution in [0.4, 0.5) is 0 Å². The van der Waals surface area contributed by atoms with Crippen LogP contribution in [0.2, 0.25) is 0 Å². The van der Waals surface area contributed by atoms with Crippen molar-refractivity contribution in [2.24, 2.45) is 5.92 Å². The third kappa shape index (κ3) is 1.86. The number of hydrogen-bond acceptors (Lipinski definition) is 5. The van der Waals surface area contributed by atoms with Crippen molar-refractivity contribution < 1.29 is 9.74 Å². The fourth-order valence-electron chi connectivity index (χ4n) is 1.47. The summed E-state index contributed by atoms with van der Waals surface area (Å²) >= 11 is 1.79. The summed E-state index contributed by atoms with van der Waals surface area (Å²) < 4.78 is 4.60. The highest BCUT2D eigenvalue weighted by Crippen LogP contribution is 2.27.